The molecular formula is C15H14F2N4O2. The summed E-state index contributed by atoms with van der Waals surface area (Å²) in [5.41, 5.74) is 6.33. The predicted molar refractivity (Wildman–Crippen MR) is 79.4 cm³/mol. The zero-order valence-corrected chi connectivity index (χ0v) is 12.2. The lowest BCUT2D eigenvalue weighted by Crippen LogP contribution is -2.26. The van der Waals surface area contributed by atoms with Gasteiger partial charge < -0.3 is 15.8 Å². The molecule has 0 saturated carbocycles. The summed E-state index contributed by atoms with van der Waals surface area (Å²) in [6.07, 6.45) is 2.78. The average molecular weight is 320 g/mol. The smallest absolute Gasteiger partial charge is 0.251 e. The van der Waals surface area contributed by atoms with E-state index in [0.29, 0.717) is 11.3 Å². The Labute approximate surface area is 131 Å². The summed E-state index contributed by atoms with van der Waals surface area (Å²) in [5, 5.41) is 10.1. The van der Waals surface area contributed by atoms with Crippen LogP contribution in [0.1, 0.15) is 16.1 Å². The Balaban J connectivity index is 2.11. The second-order valence-electron chi connectivity index (χ2n) is 4.46. The Bertz CT molecular complexity index is 713. The van der Waals surface area contributed by atoms with E-state index >= 15 is 0 Å². The van der Waals surface area contributed by atoms with Crippen molar-refractivity contribution in [3.63, 3.8) is 0 Å². The van der Waals surface area contributed by atoms with Crippen LogP contribution in [0.3, 0.4) is 0 Å². The molecule has 0 aliphatic rings. The second-order valence-corrected chi connectivity index (χ2v) is 4.46. The van der Waals surface area contributed by atoms with Crippen LogP contribution in [-0.2, 0) is 0 Å². The van der Waals surface area contributed by atoms with Crippen LogP contribution < -0.4 is 15.8 Å². The monoisotopic (exact) mass is 320 g/mol. The standard InChI is InChI=1S/C15H14F2N4O2/c1-23-14-11(16)5-9(6-12(14)17)15(22)19-8-10(7-18)13-3-2-4-20-21-13/h2-7H,8,18H2,1H3,(H,19,22). The van der Waals surface area contributed by atoms with Crippen LogP contribution in [0.5, 0.6) is 5.75 Å². The molecule has 0 spiro atoms. The number of hydrogen-bond acceptors (Lipinski definition) is 5. The topological polar surface area (TPSA) is 90.1 Å². The molecule has 23 heavy (non-hydrogen) atoms. The molecule has 0 aliphatic heterocycles. The van der Waals surface area contributed by atoms with E-state index in [1.807, 2.05) is 0 Å². The van der Waals surface area contributed by atoms with Gasteiger partial charge in [0.25, 0.3) is 5.91 Å². The van der Waals surface area contributed by atoms with Gasteiger partial charge in [0.15, 0.2) is 17.4 Å². The Morgan fingerprint density at radius 2 is 2.09 bits per heavy atom. The molecule has 1 aromatic carbocycles. The van der Waals surface area contributed by atoms with Crippen molar-refractivity contribution in [3.05, 3.63) is 59.6 Å². The second kappa shape index (κ2) is 7.30. The number of nitrogens with one attached hydrogen (secondary N) is 1. The number of carbonyl (C=O) groups is 1. The fourth-order valence-electron chi connectivity index (χ4n) is 1.87. The molecular weight excluding hydrogens is 306 g/mol. The third kappa shape index (κ3) is 3.79. The number of hydrogen-bond donors (Lipinski definition) is 2. The molecule has 0 radical (unpaired) electrons. The maximum Gasteiger partial charge on any atom is 0.251 e. The first-order valence-corrected chi connectivity index (χ1v) is 6.57. The van der Waals surface area contributed by atoms with Crippen molar-refractivity contribution >= 4 is 11.5 Å². The van der Waals surface area contributed by atoms with Crippen LogP contribution in [0.25, 0.3) is 5.57 Å². The average Bonchev–Trinajstić information content (AvgIpc) is 2.56. The van der Waals surface area contributed by atoms with Gasteiger partial charge >= 0.3 is 0 Å². The van der Waals surface area contributed by atoms with Crippen LogP contribution in [0.4, 0.5) is 8.78 Å². The maximum atomic E-state index is 13.6. The Morgan fingerprint density at radius 1 is 1.39 bits per heavy atom. The van der Waals surface area contributed by atoms with Gasteiger partial charge in [-0.15, -0.1) is 0 Å². The molecule has 8 heteroatoms. The number of nitrogens with two attached hydrogens (primary N) is 1. The number of methoxy groups -OCH3 is 1. The van der Waals surface area contributed by atoms with E-state index in [1.54, 1.807) is 12.1 Å². The lowest BCUT2D eigenvalue weighted by Gasteiger charge is -2.09. The fourth-order valence-corrected chi connectivity index (χ4v) is 1.87. The molecule has 0 aliphatic carbocycles. The van der Waals surface area contributed by atoms with Crippen molar-refractivity contribution in [2.24, 2.45) is 5.73 Å². The summed E-state index contributed by atoms with van der Waals surface area (Å²) < 4.78 is 31.8. The third-order valence-electron chi connectivity index (χ3n) is 3.01. The van der Waals surface area contributed by atoms with E-state index in [4.69, 9.17) is 5.73 Å². The molecule has 0 bridgehead atoms. The largest absolute Gasteiger partial charge is 0.491 e. The molecule has 1 amide bonds. The minimum absolute atomic E-state index is 0.0310. The molecule has 2 aromatic rings. The minimum Gasteiger partial charge on any atom is -0.491 e. The van der Waals surface area contributed by atoms with Crippen LogP contribution in [0.15, 0.2) is 36.7 Å². The first-order chi connectivity index (χ1) is 11.1. The number of rotatable bonds is 5. The van der Waals surface area contributed by atoms with E-state index in [1.165, 1.54) is 12.4 Å². The highest BCUT2D eigenvalue weighted by Crippen LogP contribution is 2.22. The molecule has 120 valence electrons. The number of carbonyl (C=O) groups excluding carboxylic acids is 1. The van der Waals surface area contributed by atoms with Crippen molar-refractivity contribution in [2.75, 3.05) is 13.7 Å². The Morgan fingerprint density at radius 3 is 2.61 bits per heavy atom. The van der Waals surface area contributed by atoms with E-state index in [0.717, 1.165) is 19.2 Å². The zero-order chi connectivity index (χ0) is 16.8. The van der Waals surface area contributed by atoms with Crippen molar-refractivity contribution in [1.82, 2.24) is 15.5 Å². The number of ether oxygens (including phenoxy) is 1. The maximum absolute atomic E-state index is 13.6. The Hall–Kier alpha value is -3.03. The molecule has 0 unspecified atom stereocenters. The number of aromatic nitrogens is 2. The zero-order valence-electron chi connectivity index (χ0n) is 12.2. The van der Waals surface area contributed by atoms with Crippen LogP contribution in [-0.4, -0.2) is 29.8 Å². The molecule has 2 rings (SSSR count). The predicted octanol–water partition coefficient (Wildman–Crippen LogP) is 1.49. The molecule has 0 saturated heterocycles. The summed E-state index contributed by atoms with van der Waals surface area (Å²) in [6, 6.07) is 5.13. The lowest BCUT2D eigenvalue weighted by molar-refractivity contribution is 0.0957. The summed E-state index contributed by atoms with van der Waals surface area (Å²) in [6.45, 7) is 0.0310. The van der Waals surface area contributed by atoms with Crippen LogP contribution in [0, 0.1) is 11.6 Å². The summed E-state index contributed by atoms with van der Waals surface area (Å²) in [7, 11) is 1.14. The summed E-state index contributed by atoms with van der Waals surface area (Å²) in [5.74, 6) is -3.11. The van der Waals surface area contributed by atoms with Gasteiger partial charge in [-0.1, -0.05) is 0 Å². The van der Waals surface area contributed by atoms with Gasteiger partial charge in [-0.05, 0) is 24.3 Å². The van der Waals surface area contributed by atoms with Crippen molar-refractivity contribution in [1.29, 1.82) is 0 Å². The van der Waals surface area contributed by atoms with Gasteiger partial charge in [0.1, 0.15) is 0 Å². The van der Waals surface area contributed by atoms with Crippen LogP contribution in [0.2, 0.25) is 0 Å². The molecule has 1 aromatic heterocycles. The first kappa shape index (κ1) is 16.3. The lowest BCUT2D eigenvalue weighted by atomic mass is 10.1. The quantitative estimate of drug-likeness (QED) is 0.871. The molecule has 0 fully saturated rings. The van der Waals surface area contributed by atoms with Crippen molar-refractivity contribution in [2.45, 2.75) is 0 Å². The van der Waals surface area contributed by atoms with E-state index in [-0.39, 0.29) is 12.1 Å². The van der Waals surface area contributed by atoms with Crippen molar-refractivity contribution < 1.29 is 18.3 Å². The molecule has 6 nitrogen and oxygen atoms in total. The van der Waals surface area contributed by atoms with Gasteiger partial charge in [-0.25, -0.2) is 8.78 Å². The van der Waals surface area contributed by atoms with Crippen LogP contribution >= 0.6 is 0 Å². The molecule has 3 N–H and O–H groups in total. The highest BCUT2D eigenvalue weighted by molar-refractivity contribution is 5.95. The van der Waals surface area contributed by atoms with Crippen molar-refractivity contribution in [3.8, 4) is 5.75 Å². The normalized spacial score (nSPS) is 11.2. The highest BCUT2D eigenvalue weighted by atomic mass is 19.1. The molecule has 0 atom stereocenters. The first-order valence-electron chi connectivity index (χ1n) is 6.57. The number of nitrogens with zero attached hydrogens (tertiary/aromatic N) is 2. The minimum atomic E-state index is -0.957. The summed E-state index contributed by atoms with van der Waals surface area (Å²) >= 11 is 0. The number of amides is 1. The van der Waals surface area contributed by atoms with E-state index < -0.39 is 23.3 Å². The number of benzene rings is 1. The van der Waals surface area contributed by atoms with E-state index in [2.05, 4.69) is 20.3 Å². The fraction of sp³-hybridized carbons (Fsp3) is 0.133. The van der Waals surface area contributed by atoms with Gasteiger partial charge in [0, 0.05) is 30.1 Å². The third-order valence-corrected chi connectivity index (χ3v) is 3.01. The summed E-state index contributed by atoms with van der Waals surface area (Å²) in [4.78, 5) is 12.0. The number of halogens is 2. The molecule has 1 heterocycles. The van der Waals surface area contributed by atoms with Gasteiger partial charge in [0.05, 0.1) is 12.8 Å². The van der Waals surface area contributed by atoms with E-state index in [9.17, 15) is 13.6 Å². The van der Waals surface area contributed by atoms with Gasteiger partial charge in [-0.3, -0.25) is 4.79 Å². The Kier molecular flexibility index (Phi) is 5.19. The SMILES string of the molecule is COc1c(F)cc(C(=O)NCC(=CN)c2cccnn2)cc1F. The van der Waals surface area contributed by atoms with Gasteiger partial charge in [-0.2, -0.15) is 10.2 Å². The highest BCUT2D eigenvalue weighted by Gasteiger charge is 2.16. The van der Waals surface area contributed by atoms with Gasteiger partial charge in [0.2, 0.25) is 0 Å².